The SMILES string of the molecule is Cc1ccc2sc(N(CCN(C)C)C(=O)C34CC5CC(CC(C5)C3)C4)nc2c1C. The summed E-state index contributed by atoms with van der Waals surface area (Å²) in [5.41, 5.74) is 3.45. The van der Waals surface area contributed by atoms with Crippen LogP contribution in [0.1, 0.15) is 49.7 Å². The molecule has 4 nitrogen and oxygen atoms in total. The van der Waals surface area contributed by atoms with Crippen LogP contribution in [0.4, 0.5) is 5.13 Å². The zero-order valence-corrected chi connectivity index (χ0v) is 19.0. The Morgan fingerprint density at radius 3 is 2.28 bits per heavy atom. The maximum atomic E-state index is 14.1. The fraction of sp³-hybridized carbons (Fsp3) is 0.667. The fourth-order valence-corrected chi connectivity index (χ4v) is 7.62. The lowest BCUT2D eigenvalue weighted by Gasteiger charge is -2.56. The second-order valence-corrected chi connectivity index (χ2v) is 11.3. The summed E-state index contributed by atoms with van der Waals surface area (Å²) in [6.45, 7) is 5.88. The Morgan fingerprint density at radius 2 is 1.69 bits per heavy atom. The third-order valence-electron chi connectivity index (χ3n) is 7.81. The number of nitrogens with zero attached hydrogens (tertiary/aromatic N) is 3. The first-order valence-electron chi connectivity index (χ1n) is 11.2. The molecule has 0 saturated heterocycles. The summed E-state index contributed by atoms with van der Waals surface area (Å²) >= 11 is 1.69. The molecular weight excluding hydrogens is 378 g/mol. The highest BCUT2D eigenvalue weighted by Crippen LogP contribution is 2.60. The Balaban J connectivity index is 1.52. The van der Waals surface area contributed by atoms with Crippen molar-refractivity contribution in [3.8, 4) is 0 Å². The molecule has 0 radical (unpaired) electrons. The van der Waals surface area contributed by atoms with Crippen molar-refractivity contribution >= 4 is 32.6 Å². The number of thiazole rings is 1. The van der Waals surface area contributed by atoms with Crippen LogP contribution in [-0.2, 0) is 4.79 Å². The normalized spacial score (nSPS) is 30.4. The topological polar surface area (TPSA) is 36.4 Å². The van der Waals surface area contributed by atoms with E-state index in [1.165, 1.54) is 35.1 Å². The molecule has 0 unspecified atom stereocenters. The molecule has 4 aliphatic rings. The minimum atomic E-state index is -0.121. The first kappa shape index (κ1) is 19.5. The number of benzene rings is 1. The smallest absolute Gasteiger partial charge is 0.235 e. The number of amides is 1. The highest BCUT2D eigenvalue weighted by Gasteiger charge is 2.56. The van der Waals surface area contributed by atoms with Gasteiger partial charge in [-0.3, -0.25) is 9.69 Å². The number of hydrogen-bond acceptors (Lipinski definition) is 4. The van der Waals surface area contributed by atoms with Gasteiger partial charge in [0.1, 0.15) is 0 Å². The van der Waals surface area contributed by atoms with Gasteiger partial charge in [-0.1, -0.05) is 17.4 Å². The van der Waals surface area contributed by atoms with Crippen molar-refractivity contribution in [2.75, 3.05) is 32.1 Å². The van der Waals surface area contributed by atoms with Crippen LogP contribution in [0.25, 0.3) is 10.2 Å². The molecule has 4 fully saturated rings. The summed E-state index contributed by atoms with van der Waals surface area (Å²) in [5.74, 6) is 2.70. The molecule has 156 valence electrons. The number of carbonyl (C=O) groups excluding carboxylic acids is 1. The van der Waals surface area contributed by atoms with Crippen LogP contribution >= 0.6 is 11.3 Å². The van der Waals surface area contributed by atoms with Crippen molar-refractivity contribution in [3.05, 3.63) is 23.3 Å². The van der Waals surface area contributed by atoms with E-state index < -0.39 is 0 Å². The largest absolute Gasteiger partial charge is 0.308 e. The van der Waals surface area contributed by atoms with Crippen molar-refractivity contribution < 1.29 is 4.79 Å². The Morgan fingerprint density at radius 1 is 1.07 bits per heavy atom. The van der Waals surface area contributed by atoms with E-state index in [-0.39, 0.29) is 5.41 Å². The average molecular weight is 412 g/mol. The van der Waals surface area contributed by atoms with E-state index in [0.29, 0.717) is 5.91 Å². The second-order valence-electron chi connectivity index (χ2n) is 10.3. The van der Waals surface area contributed by atoms with Crippen molar-refractivity contribution in [1.82, 2.24) is 9.88 Å². The summed E-state index contributed by atoms with van der Waals surface area (Å²) in [4.78, 5) is 23.3. The quantitative estimate of drug-likeness (QED) is 0.693. The van der Waals surface area contributed by atoms with Gasteiger partial charge >= 0.3 is 0 Å². The second kappa shape index (κ2) is 7.05. The lowest BCUT2D eigenvalue weighted by Crippen LogP contribution is -2.55. The predicted octanol–water partition coefficient (Wildman–Crippen LogP) is 5.02. The van der Waals surface area contributed by atoms with Crippen LogP contribution in [0, 0.1) is 37.0 Å². The first-order chi connectivity index (χ1) is 13.8. The average Bonchev–Trinajstić information content (AvgIpc) is 3.08. The molecule has 0 N–H and O–H groups in total. The number of anilines is 1. The van der Waals surface area contributed by atoms with Crippen LogP contribution in [0.15, 0.2) is 12.1 Å². The van der Waals surface area contributed by atoms with Gasteiger partial charge in [0.25, 0.3) is 0 Å². The molecule has 1 amide bonds. The van der Waals surface area contributed by atoms with Crippen molar-refractivity contribution in [2.45, 2.75) is 52.4 Å². The third-order valence-corrected chi connectivity index (χ3v) is 8.86. The monoisotopic (exact) mass is 411 g/mol. The fourth-order valence-electron chi connectivity index (χ4n) is 6.57. The van der Waals surface area contributed by atoms with E-state index in [1.807, 2.05) is 0 Å². The minimum absolute atomic E-state index is 0.121. The van der Waals surface area contributed by atoms with Gasteiger partial charge in [-0.15, -0.1) is 0 Å². The van der Waals surface area contributed by atoms with E-state index in [1.54, 1.807) is 11.3 Å². The van der Waals surface area contributed by atoms with Crippen LogP contribution < -0.4 is 4.90 Å². The number of carbonyl (C=O) groups is 1. The number of rotatable bonds is 5. The van der Waals surface area contributed by atoms with Gasteiger partial charge in [-0.25, -0.2) is 4.98 Å². The lowest BCUT2D eigenvalue weighted by atomic mass is 9.49. The summed E-state index contributed by atoms with van der Waals surface area (Å²) in [7, 11) is 4.17. The summed E-state index contributed by atoms with van der Waals surface area (Å²) in [6, 6.07) is 4.34. The minimum Gasteiger partial charge on any atom is -0.308 e. The van der Waals surface area contributed by atoms with Gasteiger partial charge in [0.2, 0.25) is 5.91 Å². The molecule has 1 aromatic heterocycles. The zero-order chi connectivity index (χ0) is 20.3. The standard InChI is InChI=1S/C24H33N3OS/c1-15-5-6-20-21(16(15)2)25-23(29-20)27(8-7-26(3)4)22(28)24-12-17-9-18(13-24)11-19(10-17)14-24/h5-6,17-19H,7-14H2,1-4H3. The van der Waals surface area contributed by atoms with Crippen LogP contribution in [0.2, 0.25) is 0 Å². The van der Waals surface area contributed by atoms with Gasteiger partial charge in [0.05, 0.1) is 15.6 Å². The molecule has 1 heterocycles. The predicted molar refractivity (Wildman–Crippen MR) is 121 cm³/mol. The maximum Gasteiger partial charge on any atom is 0.235 e. The van der Waals surface area contributed by atoms with E-state index in [2.05, 4.69) is 49.9 Å². The Hall–Kier alpha value is -1.46. The van der Waals surface area contributed by atoms with E-state index >= 15 is 0 Å². The first-order valence-corrected chi connectivity index (χ1v) is 12.0. The van der Waals surface area contributed by atoms with E-state index in [4.69, 9.17) is 4.98 Å². The Bertz CT molecular complexity index is 912. The molecule has 29 heavy (non-hydrogen) atoms. The summed E-state index contributed by atoms with van der Waals surface area (Å²) < 4.78 is 1.19. The van der Waals surface area contributed by atoms with Gasteiger partial charge in [-0.05, 0) is 101 Å². The zero-order valence-electron chi connectivity index (χ0n) is 18.2. The van der Waals surface area contributed by atoms with Gasteiger partial charge in [-0.2, -0.15) is 0 Å². The molecular formula is C24H33N3OS. The molecule has 4 aliphatic carbocycles. The van der Waals surface area contributed by atoms with Gasteiger partial charge in [0.15, 0.2) is 5.13 Å². The van der Waals surface area contributed by atoms with Crippen molar-refractivity contribution in [1.29, 1.82) is 0 Å². The highest BCUT2D eigenvalue weighted by atomic mass is 32.1. The number of likely N-dealkylation sites (N-methyl/N-ethyl adjacent to an activating group) is 1. The summed E-state index contributed by atoms with van der Waals surface area (Å²) in [5, 5.41) is 0.899. The number of aromatic nitrogens is 1. The van der Waals surface area contributed by atoms with E-state index in [9.17, 15) is 4.79 Å². The Kier molecular flexibility index (Phi) is 4.74. The molecule has 4 bridgehead atoms. The molecule has 6 rings (SSSR count). The summed E-state index contributed by atoms with van der Waals surface area (Å²) in [6.07, 6.45) is 7.43. The van der Waals surface area contributed by atoms with Crippen molar-refractivity contribution in [3.63, 3.8) is 0 Å². The molecule has 4 saturated carbocycles. The highest BCUT2D eigenvalue weighted by molar-refractivity contribution is 7.22. The molecule has 1 aromatic carbocycles. The number of fused-ring (bicyclic) bond motifs is 1. The molecule has 5 heteroatoms. The molecule has 2 aromatic rings. The molecule has 0 atom stereocenters. The van der Waals surface area contributed by atoms with Gasteiger partial charge in [0, 0.05) is 13.1 Å². The van der Waals surface area contributed by atoms with Gasteiger partial charge < -0.3 is 4.90 Å². The number of aryl methyl sites for hydroxylation is 2. The van der Waals surface area contributed by atoms with Crippen LogP contribution in [0.3, 0.4) is 0 Å². The van der Waals surface area contributed by atoms with Crippen molar-refractivity contribution in [2.24, 2.45) is 23.2 Å². The van der Waals surface area contributed by atoms with Crippen LogP contribution in [0.5, 0.6) is 0 Å². The molecule has 0 spiro atoms. The Labute approximate surface area is 178 Å². The molecule has 0 aliphatic heterocycles. The maximum absolute atomic E-state index is 14.1. The number of hydrogen-bond donors (Lipinski definition) is 0. The van der Waals surface area contributed by atoms with Crippen LogP contribution in [-0.4, -0.2) is 43.0 Å². The van der Waals surface area contributed by atoms with E-state index in [0.717, 1.165) is 60.8 Å². The lowest BCUT2D eigenvalue weighted by molar-refractivity contribution is -0.143. The third kappa shape index (κ3) is 3.31.